The molecule has 0 spiro atoms. The van der Waals surface area contributed by atoms with E-state index in [1.165, 1.54) is 12.1 Å². The second-order valence-corrected chi connectivity index (χ2v) is 10.9. The van der Waals surface area contributed by atoms with E-state index >= 15 is 4.39 Å². The van der Waals surface area contributed by atoms with Gasteiger partial charge in [-0.15, -0.1) is 0 Å². The number of rotatable bonds is 5. The summed E-state index contributed by atoms with van der Waals surface area (Å²) in [5.41, 5.74) is 3.01. The fourth-order valence-corrected chi connectivity index (χ4v) is 5.52. The topological polar surface area (TPSA) is 61.4 Å². The molecule has 8 heteroatoms. The lowest BCUT2D eigenvalue weighted by molar-refractivity contribution is -0.121. The Morgan fingerprint density at radius 3 is 2.58 bits per heavy atom. The van der Waals surface area contributed by atoms with Crippen LogP contribution >= 0.6 is 11.6 Å². The number of anilines is 2. The van der Waals surface area contributed by atoms with Crippen molar-refractivity contribution in [3.63, 3.8) is 0 Å². The molecule has 1 aliphatic carbocycles. The zero-order chi connectivity index (χ0) is 27.0. The van der Waals surface area contributed by atoms with Crippen molar-refractivity contribution in [2.45, 2.75) is 39.3 Å². The molecular formula is C30H28ClF2N3O2. The van der Waals surface area contributed by atoms with Crippen LogP contribution in [0.1, 0.15) is 43.9 Å². The highest BCUT2D eigenvalue weighted by atomic mass is 35.5. The molecule has 5 nitrogen and oxygen atoms in total. The molecule has 1 unspecified atom stereocenters. The van der Waals surface area contributed by atoms with E-state index in [1.54, 1.807) is 11.0 Å². The molecule has 1 heterocycles. The van der Waals surface area contributed by atoms with Crippen LogP contribution in [0, 0.1) is 17.0 Å². The van der Waals surface area contributed by atoms with Crippen LogP contribution < -0.4 is 15.5 Å². The van der Waals surface area contributed by atoms with E-state index in [0.29, 0.717) is 34.1 Å². The Bertz CT molecular complexity index is 1450. The van der Waals surface area contributed by atoms with Crippen molar-refractivity contribution < 1.29 is 18.4 Å². The summed E-state index contributed by atoms with van der Waals surface area (Å²) in [7, 11) is 0. The number of hydrogen-bond acceptors (Lipinski definition) is 4. The number of nitrogens with zero attached hydrogens (tertiary/aromatic N) is 1. The number of amides is 1. The molecule has 0 bridgehead atoms. The van der Waals surface area contributed by atoms with E-state index in [4.69, 9.17) is 11.6 Å². The maximum Gasteiger partial charge on any atom is 0.239 e. The Balaban J connectivity index is 1.60. The fourth-order valence-electron chi connectivity index (χ4n) is 5.32. The summed E-state index contributed by atoms with van der Waals surface area (Å²) in [6.45, 7) is 4.07. The highest BCUT2D eigenvalue weighted by Crippen LogP contribution is 2.48. The highest BCUT2D eigenvalue weighted by molar-refractivity contribution is 6.31. The third kappa shape index (κ3) is 5.16. The predicted molar refractivity (Wildman–Crippen MR) is 145 cm³/mol. The van der Waals surface area contributed by atoms with Crippen molar-refractivity contribution in [1.82, 2.24) is 5.32 Å². The molecule has 3 aromatic rings. The standard InChI is InChI=1S/C30H28ClF2N3O2/c1-30(2)14-24-28(26(37)15-30)29(20-12-11-19(32)13-22(20)33)36(25-10-6-5-9-23(25)35-24)17-27(38)34-16-18-7-3-4-8-21(18)31/h3-13,29,35H,14-17H2,1-2H3,(H,34,38). The van der Waals surface area contributed by atoms with Crippen LogP contribution in [0.3, 0.4) is 0 Å². The third-order valence-corrected chi connectivity index (χ3v) is 7.38. The number of ketones is 1. The Morgan fingerprint density at radius 1 is 1.08 bits per heavy atom. The van der Waals surface area contributed by atoms with Gasteiger partial charge in [0.05, 0.1) is 24.0 Å². The van der Waals surface area contributed by atoms with Crippen molar-refractivity contribution in [3.05, 3.63) is 106 Å². The lowest BCUT2D eigenvalue weighted by atomic mass is 9.73. The monoisotopic (exact) mass is 535 g/mol. The van der Waals surface area contributed by atoms with Crippen molar-refractivity contribution in [1.29, 1.82) is 0 Å². The first-order valence-corrected chi connectivity index (χ1v) is 12.8. The fraction of sp³-hybridized carbons (Fsp3) is 0.267. The van der Waals surface area contributed by atoms with Gasteiger partial charge in [-0.2, -0.15) is 0 Å². The Hall–Kier alpha value is -3.71. The van der Waals surface area contributed by atoms with Gasteiger partial charge in [-0.05, 0) is 41.7 Å². The first-order chi connectivity index (χ1) is 18.1. The van der Waals surface area contributed by atoms with Gasteiger partial charge in [0.2, 0.25) is 5.91 Å². The number of allylic oxidation sites excluding steroid dienone is 1. The molecule has 5 rings (SSSR count). The number of halogens is 3. The number of hydrogen-bond donors (Lipinski definition) is 2. The molecule has 0 radical (unpaired) electrons. The summed E-state index contributed by atoms with van der Waals surface area (Å²) in [6, 6.07) is 17.0. The SMILES string of the molecule is CC1(C)CC(=O)C2=C(C1)Nc1ccccc1N(CC(=O)NCc1ccccc1Cl)C2c1ccc(F)cc1F. The molecule has 38 heavy (non-hydrogen) atoms. The summed E-state index contributed by atoms with van der Waals surface area (Å²) < 4.78 is 29.3. The lowest BCUT2D eigenvalue weighted by Gasteiger charge is -2.38. The van der Waals surface area contributed by atoms with Crippen molar-refractivity contribution >= 4 is 34.7 Å². The van der Waals surface area contributed by atoms with Crippen LogP contribution in [0.4, 0.5) is 20.2 Å². The lowest BCUT2D eigenvalue weighted by Crippen LogP contribution is -2.42. The number of nitrogens with one attached hydrogen (secondary N) is 2. The summed E-state index contributed by atoms with van der Waals surface area (Å²) >= 11 is 6.25. The van der Waals surface area contributed by atoms with E-state index < -0.39 is 17.7 Å². The Labute approximate surface area is 225 Å². The van der Waals surface area contributed by atoms with Crippen LogP contribution in [0.2, 0.25) is 5.02 Å². The molecule has 196 valence electrons. The Morgan fingerprint density at radius 2 is 1.82 bits per heavy atom. The van der Waals surface area contributed by atoms with Crippen molar-refractivity contribution in [3.8, 4) is 0 Å². The molecule has 1 aliphatic heterocycles. The van der Waals surface area contributed by atoms with Gasteiger partial charge in [-0.25, -0.2) is 8.78 Å². The van der Waals surface area contributed by atoms with Crippen molar-refractivity contribution in [2.24, 2.45) is 5.41 Å². The van der Waals surface area contributed by atoms with E-state index in [1.807, 2.05) is 56.3 Å². The minimum atomic E-state index is -0.934. The van der Waals surface area contributed by atoms with Crippen LogP contribution in [-0.4, -0.2) is 18.2 Å². The first kappa shape index (κ1) is 25.9. The summed E-state index contributed by atoms with van der Waals surface area (Å²) in [4.78, 5) is 28.7. The summed E-state index contributed by atoms with van der Waals surface area (Å²) in [5, 5.41) is 6.84. The molecule has 3 aromatic carbocycles. The maximum absolute atomic E-state index is 15.4. The molecule has 1 amide bonds. The zero-order valence-corrected chi connectivity index (χ0v) is 21.9. The van der Waals surface area contributed by atoms with Gasteiger partial charge in [0, 0.05) is 40.9 Å². The van der Waals surface area contributed by atoms with E-state index in [0.717, 1.165) is 11.6 Å². The number of carbonyl (C=O) groups is 2. The van der Waals surface area contributed by atoms with Crippen LogP contribution in [0.15, 0.2) is 78.0 Å². The second kappa shape index (κ2) is 10.2. The Kier molecular flexibility index (Phi) is 6.97. The van der Waals surface area contributed by atoms with Gasteiger partial charge in [-0.3, -0.25) is 9.59 Å². The van der Waals surface area contributed by atoms with Crippen molar-refractivity contribution in [2.75, 3.05) is 16.8 Å². The van der Waals surface area contributed by atoms with Gasteiger partial charge in [-0.1, -0.05) is 61.8 Å². The average molecular weight is 536 g/mol. The molecule has 0 fully saturated rings. The molecule has 2 aliphatic rings. The zero-order valence-electron chi connectivity index (χ0n) is 21.2. The van der Waals surface area contributed by atoms with E-state index in [2.05, 4.69) is 10.6 Å². The maximum atomic E-state index is 15.4. The highest BCUT2D eigenvalue weighted by Gasteiger charge is 2.42. The summed E-state index contributed by atoms with van der Waals surface area (Å²) in [6.07, 6.45) is 0.837. The minimum absolute atomic E-state index is 0.129. The van der Waals surface area contributed by atoms with Crippen LogP contribution in [0.25, 0.3) is 0 Å². The van der Waals surface area contributed by atoms with Gasteiger partial charge in [0.25, 0.3) is 0 Å². The second-order valence-electron chi connectivity index (χ2n) is 10.5. The molecule has 0 aromatic heterocycles. The minimum Gasteiger partial charge on any atom is -0.357 e. The average Bonchev–Trinajstić information content (AvgIpc) is 2.97. The molecule has 0 saturated carbocycles. The van der Waals surface area contributed by atoms with Gasteiger partial charge in [0.15, 0.2) is 5.78 Å². The normalized spacial score (nSPS) is 18.3. The third-order valence-electron chi connectivity index (χ3n) is 7.01. The van der Waals surface area contributed by atoms with Gasteiger partial charge in [0.1, 0.15) is 11.6 Å². The molecule has 0 saturated heterocycles. The number of Topliss-reactive ketones (excluding diaryl/α,β-unsaturated/α-hetero) is 1. The predicted octanol–water partition coefficient (Wildman–Crippen LogP) is 6.55. The number of fused-ring (bicyclic) bond motifs is 1. The quantitative estimate of drug-likeness (QED) is 0.389. The molecule has 1 atom stereocenters. The van der Waals surface area contributed by atoms with Gasteiger partial charge < -0.3 is 15.5 Å². The number of benzene rings is 3. The molecular weight excluding hydrogens is 508 g/mol. The number of para-hydroxylation sites is 2. The van der Waals surface area contributed by atoms with Crippen LogP contribution in [-0.2, 0) is 16.1 Å². The van der Waals surface area contributed by atoms with E-state index in [-0.39, 0.29) is 42.2 Å². The van der Waals surface area contributed by atoms with E-state index in [9.17, 15) is 14.0 Å². The molecule has 2 N–H and O–H groups in total. The van der Waals surface area contributed by atoms with Crippen LogP contribution in [0.5, 0.6) is 0 Å². The largest absolute Gasteiger partial charge is 0.357 e. The number of carbonyl (C=O) groups excluding carboxylic acids is 2. The smallest absolute Gasteiger partial charge is 0.239 e. The first-order valence-electron chi connectivity index (χ1n) is 12.5. The van der Waals surface area contributed by atoms with Gasteiger partial charge >= 0.3 is 0 Å². The summed E-state index contributed by atoms with van der Waals surface area (Å²) in [5.74, 6) is -1.96.